The van der Waals surface area contributed by atoms with E-state index in [1.165, 1.54) is 12.0 Å². The van der Waals surface area contributed by atoms with Gasteiger partial charge in [-0.15, -0.1) is 0 Å². The molecule has 0 aromatic heterocycles. The first kappa shape index (κ1) is 13.9. The molecule has 1 saturated carbocycles. The van der Waals surface area contributed by atoms with Crippen molar-refractivity contribution >= 4 is 11.7 Å². The molecule has 0 radical (unpaired) electrons. The van der Waals surface area contributed by atoms with E-state index in [-0.39, 0.29) is 6.03 Å². The van der Waals surface area contributed by atoms with Gasteiger partial charge < -0.3 is 11.1 Å². The summed E-state index contributed by atoms with van der Waals surface area (Å²) in [5.74, 6) is 0. The summed E-state index contributed by atoms with van der Waals surface area (Å²) in [6, 6.07) is 8.40. The summed E-state index contributed by atoms with van der Waals surface area (Å²) in [5, 5.41) is 3.08. The molecule has 0 aliphatic heterocycles. The van der Waals surface area contributed by atoms with Crippen molar-refractivity contribution < 1.29 is 4.79 Å². The zero-order valence-electron chi connectivity index (χ0n) is 11.6. The molecule has 2 amide bonds. The molecule has 1 aromatic rings. The molecule has 0 heterocycles. The first-order valence-corrected chi connectivity index (χ1v) is 7.05. The van der Waals surface area contributed by atoms with Crippen LogP contribution in [0.25, 0.3) is 0 Å². The van der Waals surface area contributed by atoms with Gasteiger partial charge in [-0.2, -0.15) is 0 Å². The van der Waals surface area contributed by atoms with Gasteiger partial charge in [0.2, 0.25) is 0 Å². The summed E-state index contributed by atoms with van der Waals surface area (Å²) < 4.78 is 0. The van der Waals surface area contributed by atoms with Gasteiger partial charge in [0.15, 0.2) is 0 Å². The molecule has 1 fully saturated rings. The first-order chi connectivity index (χ1) is 9.20. The molecule has 1 aliphatic carbocycles. The third kappa shape index (κ3) is 3.70. The maximum absolute atomic E-state index is 12.3. The normalized spacial score (nSPS) is 14.8. The quantitative estimate of drug-likeness (QED) is 0.855. The van der Waals surface area contributed by atoms with Gasteiger partial charge in [-0.05, 0) is 51.3 Å². The number of nitrogens with zero attached hydrogens (tertiary/aromatic N) is 1. The number of aryl methyl sites for hydroxylation is 1. The van der Waals surface area contributed by atoms with Gasteiger partial charge in [0, 0.05) is 18.3 Å². The average Bonchev–Trinajstić information content (AvgIpc) is 2.36. The minimum atomic E-state index is 0.00185. The lowest BCUT2D eigenvalue weighted by Crippen LogP contribution is -2.48. The zero-order chi connectivity index (χ0) is 13.7. The van der Waals surface area contributed by atoms with Crippen molar-refractivity contribution in [2.75, 3.05) is 18.0 Å². The van der Waals surface area contributed by atoms with Crippen molar-refractivity contribution in [2.45, 2.75) is 38.6 Å². The van der Waals surface area contributed by atoms with Crippen LogP contribution in [0.2, 0.25) is 0 Å². The van der Waals surface area contributed by atoms with Crippen LogP contribution in [-0.2, 0) is 0 Å². The van der Waals surface area contributed by atoms with E-state index in [0.717, 1.165) is 24.9 Å². The number of carbonyl (C=O) groups excluding carboxylic acids is 1. The Morgan fingerprint density at radius 2 is 2.05 bits per heavy atom. The highest BCUT2D eigenvalue weighted by Crippen LogP contribution is 2.20. The van der Waals surface area contributed by atoms with Crippen molar-refractivity contribution in [3.8, 4) is 0 Å². The fourth-order valence-corrected chi connectivity index (χ4v) is 2.13. The average molecular weight is 261 g/mol. The van der Waals surface area contributed by atoms with E-state index in [0.29, 0.717) is 19.1 Å². The van der Waals surface area contributed by atoms with Gasteiger partial charge in [-0.3, -0.25) is 4.90 Å². The van der Waals surface area contributed by atoms with Crippen LogP contribution in [0, 0.1) is 6.92 Å². The number of hydrogen-bond donors (Lipinski definition) is 2. The Morgan fingerprint density at radius 3 is 2.58 bits per heavy atom. The van der Waals surface area contributed by atoms with Crippen LogP contribution in [0.3, 0.4) is 0 Å². The lowest BCUT2D eigenvalue weighted by atomic mass is 9.93. The fourth-order valence-electron chi connectivity index (χ4n) is 2.13. The molecule has 4 heteroatoms. The number of carbonyl (C=O) groups is 1. The molecule has 0 spiro atoms. The maximum Gasteiger partial charge on any atom is 0.322 e. The van der Waals surface area contributed by atoms with Crippen LogP contribution < -0.4 is 16.0 Å². The number of rotatable bonds is 5. The van der Waals surface area contributed by atoms with E-state index in [1.54, 1.807) is 4.90 Å². The summed E-state index contributed by atoms with van der Waals surface area (Å²) in [6.45, 7) is 3.31. The van der Waals surface area contributed by atoms with Crippen molar-refractivity contribution in [3.05, 3.63) is 29.8 Å². The summed E-state index contributed by atoms with van der Waals surface area (Å²) >= 11 is 0. The van der Waals surface area contributed by atoms with Crippen LogP contribution in [-0.4, -0.2) is 25.2 Å². The Labute approximate surface area is 115 Å². The third-order valence-electron chi connectivity index (χ3n) is 3.61. The maximum atomic E-state index is 12.3. The van der Waals surface area contributed by atoms with Crippen molar-refractivity contribution in [1.29, 1.82) is 0 Å². The minimum Gasteiger partial charge on any atom is -0.335 e. The number of nitrogens with two attached hydrogens (primary N) is 1. The molecule has 1 aliphatic rings. The van der Waals surface area contributed by atoms with Crippen molar-refractivity contribution in [3.63, 3.8) is 0 Å². The van der Waals surface area contributed by atoms with Gasteiger partial charge in [0.25, 0.3) is 0 Å². The number of urea groups is 1. The highest BCUT2D eigenvalue weighted by Gasteiger charge is 2.23. The molecule has 0 unspecified atom stereocenters. The number of amides is 2. The van der Waals surface area contributed by atoms with Crippen LogP contribution in [0.15, 0.2) is 24.3 Å². The molecular formula is C15H23N3O. The highest BCUT2D eigenvalue weighted by atomic mass is 16.2. The summed E-state index contributed by atoms with van der Waals surface area (Å²) in [4.78, 5) is 14.1. The summed E-state index contributed by atoms with van der Waals surface area (Å²) in [6.07, 6.45) is 4.24. The first-order valence-electron chi connectivity index (χ1n) is 7.05. The Hall–Kier alpha value is -1.55. The van der Waals surface area contributed by atoms with Gasteiger partial charge >= 0.3 is 6.03 Å². The number of nitrogens with one attached hydrogen (secondary N) is 1. The smallest absolute Gasteiger partial charge is 0.322 e. The lowest BCUT2D eigenvalue weighted by Gasteiger charge is -2.30. The van der Waals surface area contributed by atoms with Crippen LogP contribution in [0.4, 0.5) is 10.5 Å². The number of anilines is 1. The fraction of sp³-hybridized carbons (Fsp3) is 0.533. The third-order valence-corrected chi connectivity index (χ3v) is 3.61. The molecule has 1 aromatic carbocycles. The minimum absolute atomic E-state index is 0.00185. The molecule has 0 atom stereocenters. The van der Waals surface area contributed by atoms with Crippen LogP contribution in [0.5, 0.6) is 0 Å². The molecule has 4 nitrogen and oxygen atoms in total. The largest absolute Gasteiger partial charge is 0.335 e. The Balaban J connectivity index is 2.04. The number of hydrogen-bond acceptors (Lipinski definition) is 2. The van der Waals surface area contributed by atoms with Gasteiger partial charge in [0.1, 0.15) is 0 Å². The Bertz CT molecular complexity index is 412. The standard InChI is InChI=1S/C15H23N3O/c1-12-6-8-14(9-7-12)18(11-3-10-16)15(19)17-13-4-2-5-13/h6-9,13H,2-5,10-11,16H2,1H3,(H,17,19). The molecule has 19 heavy (non-hydrogen) atoms. The van der Waals surface area contributed by atoms with E-state index in [9.17, 15) is 4.79 Å². The molecule has 3 N–H and O–H groups in total. The van der Waals surface area contributed by atoms with E-state index < -0.39 is 0 Å². The van der Waals surface area contributed by atoms with Gasteiger partial charge in [-0.25, -0.2) is 4.79 Å². The van der Waals surface area contributed by atoms with E-state index >= 15 is 0 Å². The molecule has 0 saturated heterocycles. The zero-order valence-corrected chi connectivity index (χ0v) is 11.6. The molecule has 2 rings (SSSR count). The Morgan fingerprint density at radius 1 is 1.37 bits per heavy atom. The van der Waals surface area contributed by atoms with E-state index in [4.69, 9.17) is 5.73 Å². The van der Waals surface area contributed by atoms with Crippen molar-refractivity contribution in [1.82, 2.24) is 5.32 Å². The summed E-state index contributed by atoms with van der Waals surface area (Å²) in [7, 11) is 0. The number of benzene rings is 1. The van der Waals surface area contributed by atoms with Crippen LogP contribution in [0.1, 0.15) is 31.2 Å². The monoisotopic (exact) mass is 261 g/mol. The van der Waals surface area contributed by atoms with E-state index in [2.05, 4.69) is 5.32 Å². The molecular weight excluding hydrogens is 238 g/mol. The van der Waals surface area contributed by atoms with Crippen molar-refractivity contribution in [2.24, 2.45) is 5.73 Å². The lowest BCUT2D eigenvalue weighted by molar-refractivity contribution is 0.234. The van der Waals surface area contributed by atoms with Gasteiger partial charge in [-0.1, -0.05) is 17.7 Å². The SMILES string of the molecule is Cc1ccc(N(CCCN)C(=O)NC2CCC2)cc1. The highest BCUT2D eigenvalue weighted by molar-refractivity contribution is 5.92. The second kappa shape index (κ2) is 6.57. The second-order valence-corrected chi connectivity index (χ2v) is 5.21. The topological polar surface area (TPSA) is 58.4 Å². The van der Waals surface area contributed by atoms with Gasteiger partial charge in [0.05, 0.1) is 0 Å². The Kier molecular flexibility index (Phi) is 4.80. The second-order valence-electron chi connectivity index (χ2n) is 5.21. The predicted octanol–water partition coefficient (Wildman–Crippen LogP) is 2.41. The molecule has 0 bridgehead atoms. The summed E-state index contributed by atoms with van der Waals surface area (Å²) in [5.41, 5.74) is 7.70. The van der Waals surface area contributed by atoms with Crippen LogP contribution >= 0.6 is 0 Å². The molecule has 104 valence electrons. The predicted molar refractivity (Wildman–Crippen MR) is 78.4 cm³/mol. The van der Waals surface area contributed by atoms with E-state index in [1.807, 2.05) is 31.2 Å².